The first-order valence-corrected chi connectivity index (χ1v) is 7.21. The molecule has 0 saturated carbocycles. The zero-order chi connectivity index (χ0) is 15.2. The highest BCUT2D eigenvalue weighted by Crippen LogP contribution is 2.18. The summed E-state index contributed by atoms with van der Waals surface area (Å²) in [6.45, 7) is 3.76. The van der Waals surface area contributed by atoms with Gasteiger partial charge >= 0.3 is 5.97 Å². The molecule has 1 aromatic rings. The third-order valence-electron chi connectivity index (χ3n) is 3.73. The summed E-state index contributed by atoms with van der Waals surface area (Å²) in [5, 5.41) is 8.63. The molecule has 2 heterocycles. The van der Waals surface area contributed by atoms with Crippen LogP contribution >= 0.6 is 0 Å². The number of nitrogens with zero attached hydrogens (tertiary/aromatic N) is 2. The molecule has 0 bridgehead atoms. The molecule has 1 atom stereocenters. The van der Waals surface area contributed by atoms with Crippen LogP contribution in [0.25, 0.3) is 6.08 Å². The summed E-state index contributed by atoms with van der Waals surface area (Å²) in [6.07, 6.45) is 8.77. The first-order chi connectivity index (χ1) is 10.1. The third kappa shape index (κ3) is 4.41. The highest BCUT2D eigenvalue weighted by Gasteiger charge is 2.20. The summed E-state index contributed by atoms with van der Waals surface area (Å²) < 4.78 is 0. The molecule has 112 valence electrons. The smallest absolute Gasteiger partial charge is 0.328 e. The van der Waals surface area contributed by atoms with Gasteiger partial charge in [0.2, 0.25) is 0 Å². The van der Waals surface area contributed by atoms with Crippen LogP contribution in [-0.2, 0) is 4.79 Å². The van der Waals surface area contributed by atoms with Gasteiger partial charge in [0.05, 0.1) is 5.56 Å². The van der Waals surface area contributed by atoms with E-state index in [-0.39, 0.29) is 5.91 Å². The lowest BCUT2D eigenvalue weighted by molar-refractivity contribution is -0.131. The van der Waals surface area contributed by atoms with Gasteiger partial charge in [0, 0.05) is 31.6 Å². The first kappa shape index (κ1) is 15.2. The number of amides is 1. The van der Waals surface area contributed by atoms with E-state index in [1.54, 1.807) is 12.3 Å². The van der Waals surface area contributed by atoms with Crippen molar-refractivity contribution in [3.8, 4) is 0 Å². The molecule has 1 saturated heterocycles. The van der Waals surface area contributed by atoms with E-state index in [4.69, 9.17) is 5.11 Å². The van der Waals surface area contributed by atoms with Crippen LogP contribution in [0.3, 0.4) is 0 Å². The van der Waals surface area contributed by atoms with Gasteiger partial charge in [-0.25, -0.2) is 4.79 Å². The van der Waals surface area contributed by atoms with Gasteiger partial charge in [0.25, 0.3) is 5.91 Å². The Morgan fingerprint density at radius 2 is 2.14 bits per heavy atom. The van der Waals surface area contributed by atoms with Crippen molar-refractivity contribution >= 4 is 18.0 Å². The van der Waals surface area contributed by atoms with E-state index in [0.717, 1.165) is 38.4 Å². The highest BCUT2D eigenvalue weighted by atomic mass is 16.4. The summed E-state index contributed by atoms with van der Waals surface area (Å²) in [5.41, 5.74) is 1.13. The summed E-state index contributed by atoms with van der Waals surface area (Å²) in [5.74, 6) is -0.388. The lowest BCUT2D eigenvalue weighted by atomic mass is 10.0. The maximum atomic E-state index is 12.5. The number of pyridine rings is 1. The minimum Gasteiger partial charge on any atom is -0.478 e. The molecule has 0 aromatic carbocycles. The molecule has 5 nitrogen and oxygen atoms in total. The van der Waals surface area contributed by atoms with Crippen LogP contribution in [0.5, 0.6) is 0 Å². The number of aromatic nitrogens is 1. The second-order valence-corrected chi connectivity index (χ2v) is 5.51. The minimum atomic E-state index is -1.02. The van der Waals surface area contributed by atoms with Crippen molar-refractivity contribution in [2.24, 2.45) is 5.92 Å². The molecule has 5 heteroatoms. The molecule has 0 spiro atoms. The van der Waals surface area contributed by atoms with Crippen LogP contribution in [0, 0.1) is 5.92 Å². The number of carbonyl (C=O) groups excluding carboxylic acids is 1. The number of carboxylic acids is 1. The lowest BCUT2D eigenvalue weighted by Gasteiger charge is -2.20. The number of rotatable bonds is 3. The van der Waals surface area contributed by atoms with Crippen molar-refractivity contribution in [3.05, 3.63) is 35.7 Å². The van der Waals surface area contributed by atoms with Crippen molar-refractivity contribution in [2.75, 3.05) is 13.1 Å². The molecule has 21 heavy (non-hydrogen) atoms. The van der Waals surface area contributed by atoms with E-state index in [1.807, 2.05) is 4.90 Å². The molecule has 1 aromatic heterocycles. The number of carboxylic acid groups (broad SMARTS) is 1. The highest BCUT2D eigenvalue weighted by molar-refractivity contribution is 5.94. The van der Waals surface area contributed by atoms with Crippen molar-refractivity contribution in [1.29, 1.82) is 0 Å². The Labute approximate surface area is 124 Å². The van der Waals surface area contributed by atoms with Gasteiger partial charge in [-0.15, -0.1) is 0 Å². The predicted octanol–water partition coefficient (Wildman–Crippen LogP) is 2.44. The van der Waals surface area contributed by atoms with Crippen LogP contribution < -0.4 is 0 Å². The quantitative estimate of drug-likeness (QED) is 0.867. The first-order valence-electron chi connectivity index (χ1n) is 7.21. The minimum absolute atomic E-state index is 0.0258. The van der Waals surface area contributed by atoms with Gasteiger partial charge in [0.1, 0.15) is 0 Å². The van der Waals surface area contributed by atoms with Gasteiger partial charge in [-0.2, -0.15) is 0 Å². The molecular formula is C16H20N2O3. The molecule has 2 rings (SSSR count). The molecular weight excluding hydrogens is 268 g/mol. The van der Waals surface area contributed by atoms with E-state index in [2.05, 4.69) is 11.9 Å². The third-order valence-corrected chi connectivity index (χ3v) is 3.73. The van der Waals surface area contributed by atoms with Gasteiger partial charge in [-0.05, 0) is 42.9 Å². The Kier molecular flexibility index (Phi) is 5.09. The standard InChI is InChI=1S/C16H20N2O3/c1-12-3-2-7-18(8-6-12)16(21)14-9-13(10-17-11-14)4-5-15(19)20/h4-5,9-12H,2-3,6-8H2,1H3,(H,19,20). The Morgan fingerprint density at radius 1 is 1.33 bits per heavy atom. The van der Waals surface area contributed by atoms with Gasteiger partial charge < -0.3 is 10.0 Å². The number of hydrogen-bond acceptors (Lipinski definition) is 3. The van der Waals surface area contributed by atoms with Crippen molar-refractivity contribution in [2.45, 2.75) is 26.2 Å². The molecule has 1 amide bonds. The SMILES string of the molecule is CC1CCCN(C(=O)c2cncc(C=CC(=O)O)c2)CC1. The normalized spacial score (nSPS) is 19.5. The maximum absolute atomic E-state index is 12.5. The summed E-state index contributed by atoms with van der Waals surface area (Å²) in [6, 6.07) is 1.68. The Hall–Kier alpha value is -2.17. The molecule has 1 unspecified atom stereocenters. The average molecular weight is 288 g/mol. The van der Waals surface area contributed by atoms with E-state index in [1.165, 1.54) is 12.3 Å². The summed E-state index contributed by atoms with van der Waals surface area (Å²) in [4.78, 5) is 28.9. The van der Waals surface area contributed by atoms with Crippen LogP contribution in [0.2, 0.25) is 0 Å². The monoisotopic (exact) mass is 288 g/mol. The average Bonchev–Trinajstić information content (AvgIpc) is 2.69. The zero-order valence-corrected chi connectivity index (χ0v) is 12.2. The van der Waals surface area contributed by atoms with Crippen molar-refractivity contribution in [3.63, 3.8) is 0 Å². The number of aliphatic carboxylic acids is 1. The maximum Gasteiger partial charge on any atom is 0.328 e. The number of carbonyl (C=O) groups is 2. The van der Waals surface area contributed by atoms with Crippen LogP contribution in [-0.4, -0.2) is 40.0 Å². The van der Waals surface area contributed by atoms with Crippen LogP contribution in [0.1, 0.15) is 42.1 Å². The van der Waals surface area contributed by atoms with E-state index in [9.17, 15) is 9.59 Å². The van der Waals surface area contributed by atoms with Gasteiger partial charge in [0.15, 0.2) is 0 Å². The Bertz CT molecular complexity index is 554. The summed E-state index contributed by atoms with van der Waals surface area (Å²) in [7, 11) is 0. The fourth-order valence-corrected chi connectivity index (χ4v) is 2.48. The topological polar surface area (TPSA) is 70.5 Å². The second kappa shape index (κ2) is 7.02. The lowest BCUT2D eigenvalue weighted by Crippen LogP contribution is -2.32. The Balaban J connectivity index is 2.11. The van der Waals surface area contributed by atoms with Gasteiger partial charge in [-0.3, -0.25) is 9.78 Å². The molecule has 1 N–H and O–H groups in total. The van der Waals surface area contributed by atoms with E-state index in [0.29, 0.717) is 17.0 Å². The molecule has 1 aliphatic rings. The van der Waals surface area contributed by atoms with Crippen molar-refractivity contribution < 1.29 is 14.7 Å². The molecule has 0 aliphatic carbocycles. The van der Waals surface area contributed by atoms with Crippen LogP contribution in [0.4, 0.5) is 0 Å². The van der Waals surface area contributed by atoms with E-state index < -0.39 is 5.97 Å². The molecule has 1 fully saturated rings. The second-order valence-electron chi connectivity index (χ2n) is 5.51. The van der Waals surface area contributed by atoms with Crippen LogP contribution in [0.15, 0.2) is 24.5 Å². The number of likely N-dealkylation sites (tertiary alicyclic amines) is 1. The molecule has 0 radical (unpaired) electrons. The summed E-state index contributed by atoms with van der Waals surface area (Å²) >= 11 is 0. The van der Waals surface area contributed by atoms with Crippen molar-refractivity contribution in [1.82, 2.24) is 9.88 Å². The fourth-order valence-electron chi connectivity index (χ4n) is 2.48. The van der Waals surface area contributed by atoms with Gasteiger partial charge in [-0.1, -0.05) is 6.92 Å². The number of hydrogen-bond donors (Lipinski definition) is 1. The fraction of sp³-hybridized carbons (Fsp3) is 0.438. The zero-order valence-electron chi connectivity index (χ0n) is 12.2. The molecule has 1 aliphatic heterocycles. The van der Waals surface area contributed by atoms with E-state index >= 15 is 0 Å². The largest absolute Gasteiger partial charge is 0.478 e. The Morgan fingerprint density at radius 3 is 2.90 bits per heavy atom. The predicted molar refractivity (Wildman–Crippen MR) is 79.8 cm³/mol.